The smallest absolute Gasteiger partial charge is 0.0736 e. The summed E-state index contributed by atoms with van der Waals surface area (Å²) >= 11 is 3.65. The molecule has 1 aromatic rings. The third-order valence-corrected chi connectivity index (χ3v) is 3.97. The molecule has 1 atom stereocenters. The lowest BCUT2D eigenvalue weighted by atomic mass is 10.2. The summed E-state index contributed by atoms with van der Waals surface area (Å²) in [5, 5.41) is 3.80. The Labute approximate surface area is 107 Å². The van der Waals surface area contributed by atoms with Crippen LogP contribution in [0.5, 0.6) is 0 Å². The van der Waals surface area contributed by atoms with Crippen LogP contribution in [0.1, 0.15) is 26.3 Å². The van der Waals surface area contributed by atoms with Crippen molar-refractivity contribution in [1.82, 2.24) is 5.32 Å². The SMILES string of the molecule is CC.CSc1ccc(C2=CNC(C)S2)cc1. The van der Waals surface area contributed by atoms with Crippen molar-refractivity contribution in [3.05, 3.63) is 36.0 Å². The van der Waals surface area contributed by atoms with E-state index in [1.54, 1.807) is 11.8 Å². The normalized spacial score (nSPS) is 18.2. The molecular formula is C13H19NS2. The van der Waals surface area contributed by atoms with Crippen molar-refractivity contribution < 1.29 is 0 Å². The summed E-state index contributed by atoms with van der Waals surface area (Å²) in [6.45, 7) is 6.17. The van der Waals surface area contributed by atoms with E-state index in [1.165, 1.54) is 15.4 Å². The molecule has 0 amide bonds. The van der Waals surface area contributed by atoms with Crippen LogP contribution in [-0.2, 0) is 0 Å². The fourth-order valence-corrected chi connectivity index (χ4v) is 2.69. The Hall–Kier alpha value is -0.540. The van der Waals surface area contributed by atoms with E-state index in [1.807, 2.05) is 25.6 Å². The summed E-state index contributed by atoms with van der Waals surface area (Å²) in [6, 6.07) is 8.71. The van der Waals surface area contributed by atoms with Crippen LogP contribution in [-0.4, -0.2) is 11.6 Å². The van der Waals surface area contributed by atoms with Gasteiger partial charge in [-0.2, -0.15) is 0 Å². The number of hydrogen-bond donors (Lipinski definition) is 1. The summed E-state index contributed by atoms with van der Waals surface area (Å²) < 4.78 is 0. The topological polar surface area (TPSA) is 12.0 Å². The van der Waals surface area contributed by atoms with Crippen LogP contribution in [0.3, 0.4) is 0 Å². The summed E-state index contributed by atoms with van der Waals surface area (Å²) in [6.07, 6.45) is 4.20. The lowest BCUT2D eigenvalue weighted by Gasteiger charge is -2.03. The Kier molecular flexibility index (Phi) is 5.85. The second kappa shape index (κ2) is 6.92. The predicted octanol–water partition coefficient (Wildman–Crippen LogP) is 4.42. The minimum Gasteiger partial charge on any atom is -0.378 e. The van der Waals surface area contributed by atoms with E-state index >= 15 is 0 Å². The molecule has 3 heteroatoms. The van der Waals surface area contributed by atoms with Crippen molar-refractivity contribution in [2.45, 2.75) is 31.0 Å². The van der Waals surface area contributed by atoms with Crippen molar-refractivity contribution in [2.24, 2.45) is 0 Å². The standard InChI is InChI=1S/C11H13NS2.C2H6/c1-8-12-7-11(14-8)9-3-5-10(13-2)6-4-9;1-2/h3-8,12H,1-2H3;1-2H3. The molecule has 0 aromatic heterocycles. The molecule has 0 aliphatic carbocycles. The van der Waals surface area contributed by atoms with Gasteiger partial charge < -0.3 is 5.32 Å². The monoisotopic (exact) mass is 253 g/mol. The summed E-state index contributed by atoms with van der Waals surface area (Å²) in [5.41, 5.74) is 1.31. The van der Waals surface area contributed by atoms with Gasteiger partial charge in [0.05, 0.1) is 5.37 Å². The minimum absolute atomic E-state index is 0.505. The van der Waals surface area contributed by atoms with Crippen LogP contribution in [0.4, 0.5) is 0 Å². The van der Waals surface area contributed by atoms with Gasteiger partial charge in [-0.1, -0.05) is 37.7 Å². The highest BCUT2D eigenvalue weighted by atomic mass is 32.2. The highest BCUT2D eigenvalue weighted by Gasteiger charge is 2.13. The summed E-state index contributed by atoms with van der Waals surface area (Å²) in [4.78, 5) is 2.66. The quantitative estimate of drug-likeness (QED) is 0.784. The van der Waals surface area contributed by atoms with Crippen LogP contribution >= 0.6 is 23.5 Å². The molecule has 88 valence electrons. The van der Waals surface area contributed by atoms with E-state index in [9.17, 15) is 0 Å². The van der Waals surface area contributed by atoms with Crippen LogP contribution < -0.4 is 5.32 Å². The van der Waals surface area contributed by atoms with Crippen molar-refractivity contribution >= 4 is 28.4 Å². The van der Waals surface area contributed by atoms with Gasteiger partial charge in [0, 0.05) is 16.0 Å². The average molecular weight is 253 g/mol. The average Bonchev–Trinajstić information content (AvgIpc) is 2.79. The lowest BCUT2D eigenvalue weighted by molar-refractivity contribution is 0.875. The van der Waals surface area contributed by atoms with Gasteiger partial charge in [0.25, 0.3) is 0 Å². The maximum absolute atomic E-state index is 3.29. The lowest BCUT2D eigenvalue weighted by Crippen LogP contribution is -2.09. The Morgan fingerprint density at radius 3 is 2.25 bits per heavy atom. The first-order valence-electron chi connectivity index (χ1n) is 5.57. The van der Waals surface area contributed by atoms with Gasteiger partial charge in [-0.3, -0.25) is 0 Å². The molecule has 0 saturated carbocycles. The van der Waals surface area contributed by atoms with Gasteiger partial charge in [0.2, 0.25) is 0 Å². The zero-order chi connectivity index (χ0) is 12.0. The van der Waals surface area contributed by atoms with Gasteiger partial charge in [-0.15, -0.1) is 11.8 Å². The molecule has 1 heterocycles. The van der Waals surface area contributed by atoms with Gasteiger partial charge in [-0.25, -0.2) is 0 Å². The highest BCUT2D eigenvalue weighted by molar-refractivity contribution is 8.09. The van der Waals surface area contributed by atoms with E-state index < -0.39 is 0 Å². The maximum atomic E-state index is 3.29. The molecule has 1 aliphatic heterocycles. The first-order chi connectivity index (χ1) is 7.79. The van der Waals surface area contributed by atoms with Crippen LogP contribution in [0.2, 0.25) is 0 Å². The van der Waals surface area contributed by atoms with E-state index in [-0.39, 0.29) is 0 Å². The van der Waals surface area contributed by atoms with E-state index in [2.05, 4.69) is 49.0 Å². The number of hydrogen-bond acceptors (Lipinski definition) is 3. The molecule has 0 fully saturated rings. The molecule has 0 spiro atoms. The zero-order valence-electron chi connectivity index (χ0n) is 10.3. The van der Waals surface area contributed by atoms with Crippen LogP contribution in [0.15, 0.2) is 35.4 Å². The van der Waals surface area contributed by atoms with Crippen LogP contribution in [0, 0.1) is 0 Å². The fraction of sp³-hybridized carbons (Fsp3) is 0.385. The fourth-order valence-electron chi connectivity index (χ4n) is 1.36. The molecule has 0 saturated heterocycles. The molecule has 2 rings (SSSR count). The van der Waals surface area contributed by atoms with Crippen molar-refractivity contribution in [3.8, 4) is 0 Å². The van der Waals surface area contributed by atoms with Crippen molar-refractivity contribution in [3.63, 3.8) is 0 Å². The Balaban J connectivity index is 0.000000606. The number of nitrogens with one attached hydrogen (secondary N) is 1. The van der Waals surface area contributed by atoms with Gasteiger partial charge >= 0.3 is 0 Å². The Morgan fingerprint density at radius 1 is 1.19 bits per heavy atom. The largest absolute Gasteiger partial charge is 0.378 e. The first-order valence-corrected chi connectivity index (χ1v) is 7.67. The third kappa shape index (κ3) is 3.49. The Bertz CT molecular complexity index is 343. The predicted molar refractivity (Wildman–Crippen MR) is 77.7 cm³/mol. The van der Waals surface area contributed by atoms with Gasteiger partial charge in [0.15, 0.2) is 0 Å². The van der Waals surface area contributed by atoms with E-state index in [0.717, 1.165) is 0 Å². The van der Waals surface area contributed by atoms with Crippen molar-refractivity contribution in [2.75, 3.05) is 6.26 Å². The summed E-state index contributed by atoms with van der Waals surface area (Å²) in [5.74, 6) is 0. The molecule has 0 radical (unpaired) electrons. The third-order valence-electron chi connectivity index (χ3n) is 2.13. The molecule has 0 bridgehead atoms. The molecular weight excluding hydrogens is 234 g/mol. The van der Waals surface area contributed by atoms with Crippen LogP contribution in [0.25, 0.3) is 4.91 Å². The number of benzene rings is 1. The summed E-state index contributed by atoms with van der Waals surface area (Å²) in [7, 11) is 0. The molecule has 1 N–H and O–H groups in total. The molecule has 1 nitrogen and oxygen atoms in total. The van der Waals surface area contributed by atoms with Crippen molar-refractivity contribution in [1.29, 1.82) is 0 Å². The zero-order valence-corrected chi connectivity index (χ0v) is 11.9. The highest BCUT2D eigenvalue weighted by Crippen LogP contribution is 2.34. The second-order valence-electron chi connectivity index (χ2n) is 3.16. The van der Waals surface area contributed by atoms with E-state index in [0.29, 0.717) is 5.37 Å². The molecule has 1 unspecified atom stereocenters. The van der Waals surface area contributed by atoms with Gasteiger partial charge in [0.1, 0.15) is 0 Å². The molecule has 16 heavy (non-hydrogen) atoms. The second-order valence-corrected chi connectivity index (χ2v) is 5.43. The van der Waals surface area contributed by atoms with E-state index in [4.69, 9.17) is 0 Å². The molecule has 1 aliphatic rings. The molecule has 1 aromatic carbocycles. The number of thioether (sulfide) groups is 2. The van der Waals surface area contributed by atoms with Gasteiger partial charge in [-0.05, 0) is 30.9 Å². The minimum atomic E-state index is 0.505. The number of rotatable bonds is 2. The maximum Gasteiger partial charge on any atom is 0.0736 e. The Morgan fingerprint density at radius 2 is 1.81 bits per heavy atom. The first kappa shape index (κ1) is 13.5.